The Balaban J connectivity index is 5.62. The van der Waals surface area contributed by atoms with Gasteiger partial charge in [0.15, 0.2) is 0 Å². The van der Waals surface area contributed by atoms with Crippen molar-refractivity contribution in [3.8, 4) is 0 Å². The van der Waals surface area contributed by atoms with E-state index in [1.165, 1.54) is 0 Å². The Morgan fingerprint density at radius 1 is 0.469 bits per heavy atom. The van der Waals surface area contributed by atoms with Crippen LogP contribution < -0.4 is 0 Å². The minimum atomic E-state index is -0.860. The predicted molar refractivity (Wildman–Crippen MR) is 137 cm³/mol. The molecule has 4 nitrogen and oxygen atoms in total. The summed E-state index contributed by atoms with van der Waals surface area (Å²) in [6, 6.07) is 0. The lowest BCUT2D eigenvalue weighted by atomic mass is 9.83. The highest BCUT2D eigenvalue weighted by atomic mass is 17.2. The van der Waals surface area contributed by atoms with E-state index in [0.717, 1.165) is 116 Å². The van der Waals surface area contributed by atoms with Gasteiger partial charge in [0, 0.05) is 0 Å². The summed E-state index contributed by atoms with van der Waals surface area (Å²) in [5.74, 6) is 0. The zero-order valence-corrected chi connectivity index (χ0v) is 22.6. The molecule has 0 aromatic heterocycles. The van der Waals surface area contributed by atoms with Gasteiger partial charge in [0.2, 0.25) is 0 Å². The summed E-state index contributed by atoms with van der Waals surface area (Å²) in [5, 5.41) is 23.3. The second-order valence-corrected chi connectivity index (χ2v) is 10.1. The van der Waals surface area contributed by atoms with Gasteiger partial charge in [-0.3, -0.25) is 0 Å². The molecule has 4 heteroatoms. The fourth-order valence-corrected chi connectivity index (χ4v) is 4.55. The van der Waals surface area contributed by atoms with Crippen LogP contribution in [0.15, 0.2) is 0 Å². The van der Waals surface area contributed by atoms with Crippen LogP contribution in [0.25, 0.3) is 0 Å². The topological polar surface area (TPSA) is 58.9 Å². The molecule has 2 atom stereocenters. The van der Waals surface area contributed by atoms with Gasteiger partial charge in [-0.1, -0.05) is 119 Å². The van der Waals surface area contributed by atoms with E-state index in [0.29, 0.717) is 0 Å². The maximum Gasteiger partial charge on any atom is 0.122 e. The van der Waals surface area contributed by atoms with Crippen LogP contribution in [-0.2, 0) is 9.78 Å². The van der Waals surface area contributed by atoms with Gasteiger partial charge in [-0.15, -0.1) is 0 Å². The van der Waals surface area contributed by atoms with Crippen molar-refractivity contribution in [2.75, 3.05) is 0 Å². The van der Waals surface area contributed by atoms with Crippen molar-refractivity contribution in [2.45, 2.75) is 181 Å². The third kappa shape index (κ3) is 12.3. The molecule has 0 spiro atoms. The molecule has 2 unspecified atom stereocenters. The maximum absolute atomic E-state index is 11.7. The minimum Gasteiger partial charge on any atom is -0.387 e. The van der Waals surface area contributed by atoms with E-state index in [-0.39, 0.29) is 12.2 Å². The number of hydrogen-bond acceptors (Lipinski definition) is 4. The maximum atomic E-state index is 11.7. The molecular weight excluding hydrogens is 400 g/mol. The minimum absolute atomic E-state index is 0.341. The number of unbranched alkanes of at least 4 members (excludes halogenated alkanes) is 6. The fraction of sp³-hybridized carbons (Fsp3) is 1.00. The summed E-state index contributed by atoms with van der Waals surface area (Å²) in [6.07, 6.45) is 16.2. The first kappa shape index (κ1) is 31.8. The summed E-state index contributed by atoms with van der Waals surface area (Å²) >= 11 is 0. The Labute approximate surface area is 200 Å². The van der Waals surface area contributed by atoms with E-state index in [4.69, 9.17) is 9.78 Å². The first-order chi connectivity index (χ1) is 15.4. The molecular formula is C28H58O4. The van der Waals surface area contributed by atoms with E-state index in [1.54, 1.807) is 0 Å². The molecule has 2 N–H and O–H groups in total. The molecule has 0 aromatic carbocycles. The van der Waals surface area contributed by atoms with Crippen LogP contribution in [0, 0.1) is 0 Å². The van der Waals surface area contributed by atoms with Gasteiger partial charge in [0.1, 0.15) is 12.2 Å². The summed E-state index contributed by atoms with van der Waals surface area (Å²) in [6.45, 7) is 13.0. The van der Waals surface area contributed by atoms with E-state index in [9.17, 15) is 10.2 Å². The molecule has 0 aliphatic heterocycles. The van der Waals surface area contributed by atoms with Crippen molar-refractivity contribution < 1.29 is 20.0 Å². The Hall–Kier alpha value is -0.160. The third-order valence-corrected chi connectivity index (χ3v) is 6.98. The Morgan fingerprint density at radius 3 is 0.938 bits per heavy atom. The van der Waals surface area contributed by atoms with Crippen LogP contribution >= 0.6 is 0 Å². The van der Waals surface area contributed by atoms with E-state index in [2.05, 4.69) is 41.5 Å². The largest absolute Gasteiger partial charge is 0.387 e. The normalized spacial score (nSPS) is 14.6. The Bertz CT molecular complexity index is 358. The first-order valence-electron chi connectivity index (χ1n) is 14.1. The average molecular weight is 459 g/mol. The molecule has 0 bridgehead atoms. The standard InChI is InChI=1S/C28H58O4/c1-7-13-19-25(27(29,21-15-9-3)22-16-10-4)31-32-26(20-14-8-2)28(30,23-17-11-5)24-18-12-6/h25-26,29-30H,7-24H2,1-6H3. The van der Waals surface area contributed by atoms with Crippen LogP contribution in [0.4, 0.5) is 0 Å². The van der Waals surface area contributed by atoms with Gasteiger partial charge in [-0.25, -0.2) is 9.78 Å². The molecule has 0 saturated heterocycles. The summed E-state index contributed by atoms with van der Waals surface area (Å²) in [5.41, 5.74) is -1.72. The van der Waals surface area contributed by atoms with Crippen molar-refractivity contribution in [3.63, 3.8) is 0 Å². The van der Waals surface area contributed by atoms with Crippen LogP contribution in [0.1, 0.15) is 157 Å². The van der Waals surface area contributed by atoms with E-state index >= 15 is 0 Å². The molecule has 0 radical (unpaired) electrons. The van der Waals surface area contributed by atoms with E-state index < -0.39 is 11.2 Å². The molecule has 0 aromatic rings. The van der Waals surface area contributed by atoms with Gasteiger partial charge in [0.25, 0.3) is 0 Å². The SMILES string of the molecule is CCCCC(OOC(CCCC)C(O)(CCCC)CCCC)C(O)(CCCC)CCCC. The second kappa shape index (κ2) is 19.2. The highest BCUT2D eigenvalue weighted by Crippen LogP contribution is 2.34. The highest BCUT2D eigenvalue weighted by molar-refractivity contribution is 4.89. The molecule has 194 valence electrons. The predicted octanol–water partition coefficient (Wildman–Crippen LogP) is 8.28. The van der Waals surface area contributed by atoms with Gasteiger partial charge in [-0.2, -0.15) is 0 Å². The molecule has 0 rings (SSSR count). The van der Waals surface area contributed by atoms with Crippen LogP contribution in [0.2, 0.25) is 0 Å². The molecule has 0 aliphatic rings. The molecule has 0 saturated carbocycles. The fourth-order valence-electron chi connectivity index (χ4n) is 4.55. The van der Waals surface area contributed by atoms with E-state index in [1.807, 2.05) is 0 Å². The number of hydrogen-bond donors (Lipinski definition) is 2. The van der Waals surface area contributed by atoms with Crippen LogP contribution in [-0.4, -0.2) is 33.6 Å². The molecule has 0 heterocycles. The van der Waals surface area contributed by atoms with Crippen molar-refractivity contribution >= 4 is 0 Å². The monoisotopic (exact) mass is 458 g/mol. The lowest BCUT2D eigenvalue weighted by Gasteiger charge is -2.40. The zero-order valence-electron chi connectivity index (χ0n) is 22.6. The van der Waals surface area contributed by atoms with Crippen LogP contribution in [0.5, 0.6) is 0 Å². The molecule has 0 amide bonds. The smallest absolute Gasteiger partial charge is 0.122 e. The van der Waals surface area contributed by atoms with Gasteiger partial charge in [0.05, 0.1) is 11.2 Å². The molecule has 32 heavy (non-hydrogen) atoms. The Morgan fingerprint density at radius 2 is 0.719 bits per heavy atom. The average Bonchev–Trinajstić information content (AvgIpc) is 2.80. The van der Waals surface area contributed by atoms with Gasteiger partial charge >= 0.3 is 0 Å². The summed E-state index contributed by atoms with van der Waals surface area (Å²) in [4.78, 5) is 12.3. The van der Waals surface area contributed by atoms with Crippen LogP contribution in [0.3, 0.4) is 0 Å². The summed E-state index contributed by atoms with van der Waals surface area (Å²) < 4.78 is 0. The van der Waals surface area contributed by atoms with Crippen molar-refractivity contribution in [1.29, 1.82) is 0 Å². The molecule has 0 aliphatic carbocycles. The highest BCUT2D eigenvalue weighted by Gasteiger charge is 2.41. The lowest BCUT2D eigenvalue weighted by molar-refractivity contribution is -0.397. The molecule has 0 fully saturated rings. The number of rotatable bonds is 23. The zero-order chi connectivity index (χ0) is 24.3. The summed E-state index contributed by atoms with van der Waals surface area (Å²) in [7, 11) is 0. The van der Waals surface area contributed by atoms with Gasteiger partial charge < -0.3 is 10.2 Å². The second-order valence-electron chi connectivity index (χ2n) is 10.1. The van der Waals surface area contributed by atoms with Crippen molar-refractivity contribution in [1.82, 2.24) is 0 Å². The quantitative estimate of drug-likeness (QED) is 0.119. The Kier molecular flexibility index (Phi) is 19.1. The van der Waals surface area contributed by atoms with Gasteiger partial charge in [-0.05, 0) is 38.5 Å². The first-order valence-corrected chi connectivity index (χ1v) is 14.1. The number of aliphatic hydroxyl groups is 2. The third-order valence-electron chi connectivity index (χ3n) is 6.98. The van der Waals surface area contributed by atoms with Crippen molar-refractivity contribution in [3.05, 3.63) is 0 Å². The van der Waals surface area contributed by atoms with Crippen molar-refractivity contribution in [2.24, 2.45) is 0 Å². The lowest BCUT2D eigenvalue weighted by Crippen LogP contribution is -2.48.